The van der Waals surface area contributed by atoms with Gasteiger partial charge in [0, 0.05) is 25.5 Å². The lowest BCUT2D eigenvalue weighted by molar-refractivity contribution is -0.136. The Hall–Kier alpha value is -2.18. The van der Waals surface area contributed by atoms with E-state index in [1.807, 2.05) is 41.1 Å². The molecule has 2 atom stereocenters. The van der Waals surface area contributed by atoms with Crippen LogP contribution in [0.4, 0.5) is 0 Å². The monoisotopic (exact) mass is 302 g/mol. The van der Waals surface area contributed by atoms with Gasteiger partial charge in [-0.1, -0.05) is 0 Å². The Labute approximate surface area is 130 Å². The Morgan fingerprint density at radius 1 is 1.41 bits per heavy atom. The molecule has 3 heterocycles. The summed E-state index contributed by atoms with van der Waals surface area (Å²) in [6.07, 6.45) is 7.24. The van der Waals surface area contributed by atoms with Gasteiger partial charge in [0.2, 0.25) is 5.91 Å². The van der Waals surface area contributed by atoms with Crippen molar-refractivity contribution in [3.05, 3.63) is 30.4 Å². The van der Waals surface area contributed by atoms with Gasteiger partial charge in [0.1, 0.15) is 17.7 Å². The summed E-state index contributed by atoms with van der Waals surface area (Å²) < 4.78 is 3.81. The van der Waals surface area contributed by atoms with E-state index in [0.717, 1.165) is 31.0 Å². The van der Waals surface area contributed by atoms with Crippen LogP contribution >= 0.6 is 0 Å². The predicted molar refractivity (Wildman–Crippen MR) is 81.3 cm³/mol. The number of aryl methyl sites for hydroxylation is 2. The summed E-state index contributed by atoms with van der Waals surface area (Å²) in [6, 6.07) is -0.00582. The van der Waals surface area contributed by atoms with Crippen molar-refractivity contribution >= 4 is 5.91 Å². The number of carbonyl (C=O) groups excluding carboxylic acids is 1. The lowest BCUT2D eigenvalue weighted by Gasteiger charge is -2.34. The first kappa shape index (κ1) is 14.7. The molecule has 0 aromatic carbocycles. The highest BCUT2D eigenvalue weighted by atomic mass is 16.2. The average Bonchev–Trinajstić information content (AvgIpc) is 3.15. The molecular weight excluding hydrogens is 280 g/mol. The number of piperidine rings is 1. The maximum absolute atomic E-state index is 12.7. The summed E-state index contributed by atoms with van der Waals surface area (Å²) in [7, 11) is 0. The van der Waals surface area contributed by atoms with Crippen molar-refractivity contribution in [3.8, 4) is 0 Å². The summed E-state index contributed by atoms with van der Waals surface area (Å²) in [6.45, 7) is 7.28. The molecule has 1 aliphatic heterocycles. The third-order valence-corrected chi connectivity index (χ3v) is 4.29. The number of rotatable bonds is 3. The number of hydrogen-bond donors (Lipinski definition) is 0. The van der Waals surface area contributed by atoms with Crippen LogP contribution in [0.3, 0.4) is 0 Å². The van der Waals surface area contributed by atoms with Crippen LogP contribution in [0, 0.1) is 13.8 Å². The molecule has 2 aromatic rings. The Kier molecular flexibility index (Phi) is 3.96. The van der Waals surface area contributed by atoms with Gasteiger partial charge in [-0.3, -0.25) is 4.79 Å². The van der Waals surface area contributed by atoms with E-state index in [0.29, 0.717) is 6.54 Å². The van der Waals surface area contributed by atoms with E-state index in [9.17, 15) is 4.79 Å². The Morgan fingerprint density at radius 3 is 2.86 bits per heavy atom. The molecule has 0 bridgehead atoms. The second-order valence-corrected chi connectivity index (χ2v) is 5.92. The fraction of sp³-hybridized carbons (Fsp3) is 0.600. The molecule has 3 rings (SSSR count). The van der Waals surface area contributed by atoms with Gasteiger partial charge >= 0.3 is 0 Å². The van der Waals surface area contributed by atoms with Crippen LogP contribution in [0.5, 0.6) is 0 Å². The second kappa shape index (κ2) is 5.90. The molecule has 0 N–H and O–H groups in total. The van der Waals surface area contributed by atoms with E-state index in [4.69, 9.17) is 0 Å². The summed E-state index contributed by atoms with van der Waals surface area (Å²) in [5.41, 5.74) is 0. The number of likely N-dealkylation sites (tertiary alicyclic amines) is 1. The van der Waals surface area contributed by atoms with Crippen LogP contribution in [0.1, 0.15) is 43.5 Å². The molecule has 118 valence electrons. The van der Waals surface area contributed by atoms with Crippen molar-refractivity contribution in [2.24, 2.45) is 0 Å². The van der Waals surface area contributed by atoms with Crippen molar-refractivity contribution in [3.63, 3.8) is 0 Å². The van der Waals surface area contributed by atoms with Crippen molar-refractivity contribution in [1.82, 2.24) is 29.2 Å². The van der Waals surface area contributed by atoms with Crippen LogP contribution in [-0.2, 0) is 4.79 Å². The van der Waals surface area contributed by atoms with Gasteiger partial charge in [-0.05, 0) is 33.6 Å². The van der Waals surface area contributed by atoms with Crippen LogP contribution in [0.2, 0.25) is 0 Å². The van der Waals surface area contributed by atoms with Crippen molar-refractivity contribution in [2.45, 2.75) is 45.7 Å². The fourth-order valence-electron chi connectivity index (χ4n) is 3.13. The molecule has 0 spiro atoms. The minimum Gasteiger partial charge on any atom is -0.339 e. The lowest BCUT2D eigenvalue weighted by atomic mass is 10.0. The highest BCUT2D eigenvalue weighted by Crippen LogP contribution is 2.24. The number of imidazole rings is 1. The molecule has 0 unspecified atom stereocenters. The maximum atomic E-state index is 12.7. The normalized spacial score (nSPS) is 20.1. The van der Waals surface area contributed by atoms with Crippen molar-refractivity contribution in [2.75, 3.05) is 13.1 Å². The van der Waals surface area contributed by atoms with Gasteiger partial charge in [0.15, 0.2) is 0 Å². The van der Waals surface area contributed by atoms with E-state index in [1.54, 1.807) is 12.5 Å². The van der Waals surface area contributed by atoms with E-state index >= 15 is 0 Å². The summed E-state index contributed by atoms with van der Waals surface area (Å²) in [4.78, 5) is 23.0. The van der Waals surface area contributed by atoms with Crippen molar-refractivity contribution < 1.29 is 4.79 Å². The lowest BCUT2D eigenvalue weighted by Crippen LogP contribution is -2.43. The topological polar surface area (TPSA) is 68.8 Å². The zero-order valence-electron chi connectivity index (χ0n) is 13.3. The molecule has 0 saturated carbocycles. The summed E-state index contributed by atoms with van der Waals surface area (Å²) in [5.74, 6) is 1.84. The van der Waals surface area contributed by atoms with Gasteiger partial charge in [-0.2, -0.15) is 5.10 Å². The zero-order chi connectivity index (χ0) is 15.7. The van der Waals surface area contributed by atoms with Gasteiger partial charge in [0.05, 0.1) is 12.4 Å². The molecule has 22 heavy (non-hydrogen) atoms. The molecule has 1 fully saturated rings. The van der Waals surface area contributed by atoms with Crippen LogP contribution < -0.4 is 0 Å². The van der Waals surface area contributed by atoms with Gasteiger partial charge in [0.25, 0.3) is 0 Å². The smallest absolute Gasteiger partial charge is 0.245 e. The van der Waals surface area contributed by atoms with Crippen LogP contribution in [0.15, 0.2) is 18.7 Å². The average molecular weight is 302 g/mol. The minimum absolute atomic E-state index is 0.136. The van der Waals surface area contributed by atoms with Gasteiger partial charge in [-0.25, -0.2) is 14.6 Å². The number of amides is 1. The Bertz CT molecular complexity index is 647. The molecule has 7 heteroatoms. The van der Waals surface area contributed by atoms with E-state index < -0.39 is 0 Å². The molecule has 0 radical (unpaired) electrons. The first-order valence-corrected chi connectivity index (χ1v) is 7.72. The molecule has 1 amide bonds. The highest BCUT2D eigenvalue weighted by molar-refractivity contribution is 5.80. The Balaban J connectivity index is 1.73. The second-order valence-electron chi connectivity index (χ2n) is 5.92. The largest absolute Gasteiger partial charge is 0.339 e. The summed E-state index contributed by atoms with van der Waals surface area (Å²) >= 11 is 0. The number of nitrogens with zero attached hydrogens (tertiary/aromatic N) is 6. The molecular formula is C15H22N6O. The Morgan fingerprint density at radius 2 is 2.23 bits per heavy atom. The molecule has 0 aliphatic carbocycles. The number of carbonyl (C=O) groups is 1. The van der Waals surface area contributed by atoms with Gasteiger partial charge in [-0.15, -0.1) is 0 Å². The van der Waals surface area contributed by atoms with E-state index in [-0.39, 0.29) is 18.0 Å². The first-order chi connectivity index (χ1) is 10.6. The predicted octanol–water partition coefficient (Wildman–Crippen LogP) is 1.52. The van der Waals surface area contributed by atoms with E-state index in [1.165, 1.54) is 0 Å². The third-order valence-electron chi connectivity index (χ3n) is 4.29. The highest BCUT2D eigenvalue weighted by Gasteiger charge is 2.29. The quantitative estimate of drug-likeness (QED) is 0.862. The zero-order valence-corrected chi connectivity index (χ0v) is 13.3. The SMILES string of the molecule is Cc1nc(C)n([C@H]2CCCN(C(=O)[C@@H](C)n3ccnc3)C2)n1. The van der Waals surface area contributed by atoms with Gasteiger partial charge < -0.3 is 9.47 Å². The number of hydrogen-bond acceptors (Lipinski definition) is 4. The fourth-order valence-corrected chi connectivity index (χ4v) is 3.13. The number of aromatic nitrogens is 5. The molecule has 1 saturated heterocycles. The standard InChI is InChI=1S/C15H22N6O/c1-11(20-8-6-16-10-20)15(22)19-7-4-5-14(9-19)21-13(3)17-12(2)18-21/h6,8,10-11,14H,4-5,7,9H2,1-3H3/t11-,14+/m1/s1. The van der Waals surface area contributed by atoms with E-state index in [2.05, 4.69) is 15.1 Å². The van der Waals surface area contributed by atoms with Crippen LogP contribution in [0.25, 0.3) is 0 Å². The maximum Gasteiger partial charge on any atom is 0.245 e. The third kappa shape index (κ3) is 2.75. The molecule has 7 nitrogen and oxygen atoms in total. The summed E-state index contributed by atoms with van der Waals surface area (Å²) in [5, 5.41) is 4.47. The van der Waals surface area contributed by atoms with Crippen molar-refractivity contribution in [1.29, 1.82) is 0 Å². The molecule has 2 aromatic heterocycles. The molecule has 1 aliphatic rings. The van der Waals surface area contributed by atoms with Crippen LogP contribution in [-0.4, -0.2) is 48.2 Å². The minimum atomic E-state index is -0.222. The first-order valence-electron chi connectivity index (χ1n) is 7.72.